The van der Waals surface area contributed by atoms with Crippen LogP contribution in [0.15, 0.2) is 38.4 Å². The SMILES string of the molecule is Cc1cc(N2CCOCC2)nc(NCCNS(=O)(=O)c2ccc3oc(=O)[nH]c3c2)n1. The third kappa shape index (κ3) is 4.61. The number of nitrogens with one attached hydrogen (secondary N) is 3. The molecule has 1 saturated heterocycles. The van der Waals surface area contributed by atoms with Crippen LogP contribution in [-0.4, -0.2) is 62.8 Å². The molecule has 30 heavy (non-hydrogen) atoms. The van der Waals surface area contributed by atoms with E-state index in [1.165, 1.54) is 18.2 Å². The second kappa shape index (κ2) is 8.42. The second-order valence-electron chi connectivity index (χ2n) is 6.79. The van der Waals surface area contributed by atoms with Crippen LogP contribution in [0.4, 0.5) is 11.8 Å². The Bertz CT molecular complexity index is 1200. The molecule has 11 nitrogen and oxygen atoms in total. The number of hydrogen-bond donors (Lipinski definition) is 3. The lowest BCUT2D eigenvalue weighted by Crippen LogP contribution is -2.37. The van der Waals surface area contributed by atoms with Crippen LogP contribution in [0.1, 0.15) is 5.69 Å². The first-order chi connectivity index (χ1) is 14.4. The van der Waals surface area contributed by atoms with Gasteiger partial charge in [-0.3, -0.25) is 4.98 Å². The van der Waals surface area contributed by atoms with Gasteiger partial charge < -0.3 is 19.4 Å². The second-order valence-corrected chi connectivity index (χ2v) is 8.55. The summed E-state index contributed by atoms with van der Waals surface area (Å²) in [6.45, 7) is 5.17. The Kier molecular flexibility index (Phi) is 5.70. The maximum atomic E-state index is 12.5. The van der Waals surface area contributed by atoms with Crippen LogP contribution in [0.5, 0.6) is 0 Å². The zero-order valence-electron chi connectivity index (χ0n) is 16.3. The fourth-order valence-corrected chi connectivity index (χ4v) is 4.18. The van der Waals surface area contributed by atoms with Crippen molar-refractivity contribution in [2.75, 3.05) is 49.6 Å². The molecule has 1 aromatic carbocycles. The lowest BCUT2D eigenvalue weighted by Gasteiger charge is -2.28. The van der Waals surface area contributed by atoms with Crippen LogP contribution in [0.2, 0.25) is 0 Å². The highest BCUT2D eigenvalue weighted by molar-refractivity contribution is 7.89. The number of aromatic amines is 1. The number of sulfonamides is 1. The molecule has 0 radical (unpaired) electrons. The predicted molar refractivity (Wildman–Crippen MR) is 110 cm³/mol. The molecule has 3 aromatic rings. The minimum absolute atomic E-state index is 0.0356. The van der Waals surface area contributed by atoms with Gasteiger partial charge in [0.25, 0.3) is 0 Å². The molecule has 0 atom stereocenters. The number of rotatable bonds is 7. The first kappa shape index (κ1) is 20.3. The van der Waals surface area contributed by atoms with Crippen molar-refractivity contribution in [3.8, 4) is 0 Å². The predicted octanol–water partition coefficient (Wildman–Crippen LogP) is 0.447. The first-order valence-electron chi connectivity index (χ1n) is 9.45. The standard InChI is InChI=1S/C18H22N6O5S/c1-12-10-16(24-6-8-28-9-7-24)23-17(21-12)19-4-5-20-30(26,27)13-2-3-15-14(11-13)22-18(25)29-15/h2-3,10-11,20H,4-9H2,1H3,(H,22,25)(H,19,21,23). The van der Waals surface area contributed by atoms with Crippen molar-refractivity contribution in [1.29, 1.82) is 0 Å². The topological polar surface area (TPSA) is 142 Å². The van der Waals surface area contributed by atoms with Crippen molar-refractivity contribution >= 4 is 32.9 Å². The number of morpholine rings is 1. The number of oxazole rings is 1. The molecule has 12 heteroatoms. The van der Waals surface area contributed by atoms with E-state index >= 15 is 0 Å². The van der Waals surface area contributed by atoms with Crippen molar-refractivity contribution in [2.24, 2.45) is 0 Å². The summed E-state index contributed by atoms with van der Waals surface area (Å²) in [4.78, 5) is 24.7. The highest BCUT2D eigenvalue weighted by Crippen LogP contribution is 2.17. The molecule has 0 aliphatic carbocycles. The Hall–Kier alpha value is -2.96. The van der Waals surface area contributed by atoms with Crippen molar-refractivity contribution in [3.05, 3.63) is 40.5 Å². The molecule has 4 rings (SSSR count). The van der Waals surface area contributed by atoms with E-state index in [0.29, 0.717) is 36.8 Å². The van der Waals surface area contributed by atoms with E-state index in [2.05, 4.69) is 29.9 Å². The summed E-state index contributed by atoms with van der Waals surface area (Å²) in [5, 5.41) is 3.05. The molecule has 0 unspecified atom stereocenters. The van der Waals surface area contributed by atoms with E-state index in [-0.39, 0.29) is 11.4 Å². The molecular weight excluding hydrogens is 412 g/mol. The van der Waals surface area contributed by atoms with E-state index in [9.17, 15) is 13.2 Å². The van der Waals surface area contributed by atoms with Crippen molar-refractivity contribution < 1.29 is 17.6 Å². The number of fused-ring (bicyclic) bond motifs is 1. The molecule has 0 bridgehead atoms. The zero-order valence-corrected chi connectivity index (χ0v) is 17.2. The minimum Gasteiger partial charge on any atom is -0.408 e. The van der Waals surface area contributed by atoms with Crippen molar-refractivity contribution in [2.45, 2.75) is 11.8 Å². The van der Waals surface area contributed by atoms with E-state index in [1.54, 1.807) is 0 Å². The molecule has 3 heterocycles. The summed E-state index contributed by atoms with van der Waals surface area (Å²) in [6, 6.07) is 6.09. The van der Waals surface area contributed by atoms with Crippen molar-refractivity contribution in [1.82, 2.24) is 19.7 Å². The summed E-state index contributed by atoms with van der Waals surface area (Å²) in [6.07, 6.45) is 0. The smallest absolute Gasteiger partial charge is 0.408 e. The fraction of sp³-hybridized carbons (Fsp3) is 0.389. The number of benzene rings is 1. The van der Waals surface area contributed by atoms with Gasteiger partial charge in [-0.15, -0.1) is 0 Å². The van der Waals surface area contributed by atoms with Gasteiger partial charge >= 0.3 is 5.76 Å². The average molecular weight is 434 g/mol. The maximum Gasteiger partial charge on any atom is 0.417 e. The zero-order chi connectivity index (χ0) is 21.1. The molecule has 0 saturated carbocycles. The molecule has 2 aromatic heterocycles. The van der Waals surface area contributed by atoms with Gasteiger partial charge in [-0.05, 0) is 25.1 Å². The molecule has 1 aliphatic heterocycles. The van der Waals surface area contributed by atoms with Gasteiger partial charge in [0.2, 0.25) is 16.0 Å². The Morgan fingerprint density at radius 2 is 1.97 bits per heavy atom. The largest absolute Gasteiger partial charge is 0.417 e. The number of hydrogen-bond acceptors (Lipinski definition) is 9. The van der Waals surface area contributed by atoms with Crippen LogP contribution in [0.3, 0.4) is 0 Å². The Labute approximate surface area is 172 Å². The lowest BCUT2D eigenvalue weighted by molar-refractivity contribution is 0.122. The fourth-order valence-electron chi connectivity index (χ4n) is 3.13. The number of H-pyrrole nitrogens is 1. The molecule has 1 fully saturated rings. The molecular formula is C18H22N6O5S. The van der Waals surface area contributed by atoms with Gasteiger partial charge in [0.15, 0.2) is 5.58 Å². The summed E-state index contributed by atoms with van der Waals surface area (Å²) < 4.78 is 37.8. The Balaban J connectivity index is 1.36. The maximum absolute atomic E-state index is 12.5. The summed E-state index contributed by atoms with van der Waals surface area (Å²) in [7, 11) is -3.75. The summed E-state index contributed by atoms with van der Waals surface area (Å²) in [5.74, 6) is 0.621. The number of ether oxygens (including phenoxy) is 1. The van der Waals surface area contributed by atoms with Gasteiger partial charge in [0.05, 0.1) is 23.6 Å². The number of anilines is 2. The highest BCUT2D eigenvalue weighted by atomic mass is 32.2. The van der Waals surface area contributed by atoms with Crippen molar-refractivity contribution in [3.63, 3.8) is 0 Å². The Morgan fingerprint density at radius 1 is 1.17 bits per heavy atom. The quantitative estimate of drug-likeness (QED) is 0.452. The summed E-state index contributed by atoms with van der Waals surface area (Å²) >= 11 is 0. The third-order valence-electron chi connectivity index (χ3n) is 4.58. The van der Waals surface area contributed by atoms with E-state index in [1.807, 2.05) is 13.0 Å². The van der Waals surface area contributed by atoms with Gasteiger partial charge in [-0.2, -0.15) is 4.98 Å². The monoisotopic (exact) mass is 434 g/mol. The highest BCUT2D eigenvalue weighted by Gasteiger charge is 2.16. The van der Waals surface area contributed by atoms with Crippen LogP contribution >= 0.6 is 0 Å². The third-order valence-corrected chi connectivity index (χ3v) is 6.04. The average Bonchev–Trinajstić information content (AvgIpc) is 3.11. The van der Waals surface area contributed by atoms with Gasteiger partial charge in [0.1, 0.15) is 5.82 Å². The van der Waals surface area contributed by atoms with E-state index < -0.39 is 15.8 Å². The molecule has 3 N–H and O–H groups in total. The normalized spacial score (nSPS) is 14.9. The lowest BCUT2D eigenvalue weighted by atomic mass is 10.3. The van der Waals surface area contributed by atoms with Gasteiger partial charge in [0, 0.05) is 37.9 Å². The van der Waals surface area contributed by atoms with E-state index in [0.717, 1.165) is 24.6 Å². The molecule has 0 amide bonds. The van der Waals surface area contributed by atoms with Crippen LogP contribution in [0, 0.1) is 6.92 Å². The first-order valence-corrected chi connectivity index (χ1v) is 10.9. The molecule has 160 valence electrons. The van der Waals surface area contributed by atoms with Crippen LogP contribution in [0.25, 0.3) is 11.1 Å². The molecule has 1 aliphatic rings. The summed E-state index contributed by atoms with van der Waals surface area (Å²) in [5.41, 5.74) is 1.44. The van der Waals surface area contributed by atoms with Gasteiger partial charge in [-0.1, -0.05) is 0 Å². The van der Waals surface area contributed by atoms with Crippen LogP contribution in [-0.2, 0) is 14.8 Å². The number of aryl methyl sites for hydroxylation is 1. The van der Waals surface area contributed by atoms with E-state index in [4.69, 9.17) is 9.15 Å². The number of aromatic nitrogens is 3. The molecule has 0 spiro atoms. The minimum atomic E-state index is -3.75. The van der Waals surface area contributed by atoms with Crippen LogP contribution < -0.4 is 20.7 Å². The number of nitrogens with zero attached hydrogens (tertiary/aromatic N) is 3. The van der Waals surface area contributed by atoms with Gasteiger partial charge in [-0.25, -0.2) is 22.9 Å². The Morgan fingerprint density at radius 3 is 2.77 bits per heavy atom.